The summed E-state index contributed by atoms with van der Waals surface area (Å²) in [5.41, 5.74) is 4.60. The Labute approximate surface area is 256 Å². The number of methoxy groups -OCH3 is 5. The Balaban J connectivity index is 1.29. The highest BCUT2D eigenvalue weighted by molar-refractivity contribution is 5.91. The van der Waals surface area contributed by atoms with Crippen LogP contribution in [0.4, 0.5) is 0 Å². The number of aliphatic hydroxyl groups excluding tert-OH is 1. The van der Waals surface area contributed by atoms with Crippen molar-refractivity contribution in [2.75, 3.05) is 48.6 Å². The highest BCUT2D eigenvalue weighted by Crippen LogP contribution is 2.50. The van der Waals surface area contributed by atoms with Crippen molar-refractivity contribution >= 4 is 22.8 Å². The van der Waals surface area contributed by atoms with Crippen LogP contribution in [0.3, 0.4) is 0 Å². The number of benzene rings is 2. The maximum atomic E-state index is 13.5. The Morgan fingerprint density at radius 3 is 2.39 bits per heavy atom. The zero-order valence-electron chi connectivity index (χ0n) is 25.8. The van der Waals surface area contributed by atoms with Gasteiger partial charge in [0.15, 0.2) is 11.5 Å². The second kappa shape index (κ2) is 12.3. The quantitative estimate of drug-likeness (QED) is 0.366. The van der Waals surface area contributed by atoms with Crippen molar-refractivity contribution in [3.8, 4) is 17.2 Å². The van der Waals surface area contributed by atoms with E-state index in [9.17, 15) is 14.7 Å². The summed E-state index contributed by atoms with van der Waals surface area (Å²) < 4.78 is 33.6. The van der Waals surface area contributed by atoms with Crippen molar-refractivity contribution in [3.63, 3.8) is 0 Å². The molecule has 1 saturated carbocycles. The Hall–Kier alpha value is -3.80. The number of rotatable bonds is 8. The molecule has 2 aromatic carbocycles. The maximum absolute atomic E-state index is 13.5. The average molecular weight is 609 g/mol. The number of hydrogen-bond donors (Lipinski definition) is 2. The molecule has 11 nitrogen and oxygen atoms in total. The number of nitrogens with one attached hydrogen (secondary N) is 1. The fourth-order valence-electron chi connectivity index (χ4n) is 7.80. The molecule has 11 heteroatoms. The van der Waals surface area contributed by atoms with Gasteiger partial charge in [-0.1, -0.05) is 12.1 Å². The zero-order chi connectivity index (χ0) is 31.1. The van der Waals surface area contributed by atoms with Crippen LogP contribution in [0.15, 0.2) is 30.3 Å². The lowest BCUT2D eigenvalue weighted by Gasteiger charge is -2.52. The van der Waals surface area contributed by atoms with Gasteiger partial charge in [0.05, 0.1) is 52.6 Å². The Morgan fingerprint density at radius 2 is 1.75 bits per heavy atom. The van der Waals surface area contributed by atoms with Crippen LogP contribution in [0.5, 0.6) is 17.2 Å². The molecule has 6 atom stereocenters. The molecule has 236 valence electrons. The summed E-state index contributed by atoms with van der Waals surface area (Å²) in [5.74, 6) is -0.445. The van der Waals surface area contributed by atoms with Gasteiger partial charge in [0, 0.05) is 36.8 Å². The van der Waals surface area contributed by atoms with Crippen LogP contribution in [0.25, 0.3) is 10.9 Å². The lowest BCUT2D eigenvalue weighted by Crippen LogP contribution is -2.58. The highest BCUT2D eigenvalue weighted by Gasteiger charge is 2.54. The SMILES string of the molecule is COC(=O)[C@H]1[C@H]2C[C@@H]3c4[nH]c5cc(CO)ccc5c4CCN3C[C@H]2C[C@@H](OC(=O)c2cc(OC)c(OC)c(OC)c2)[C@@H]1OC. The molecule has 0 bridgehead atoms. The van der Waals surface area contributed by atoms with Gasteiger partial charge in [0.25, 0.3) is 0 Å². The highest BCUT2D eigenvalue weighted by atomic mass is 16.6. The van der Waals surface area contributed by atoms with Gasteiger partial charge < -0.3 is 38.5 Å². The van der Waals surface area contributed by atoms with Crippen LogP contribution in [-0.2, 0) is 32.0 Å². The number of fused-ring (bicyclic) bond motifs is 6. The van der Waals surface area contributed by atoms with Crippen LogP contribution < -0.4 is 14.2 Å². The van der Waals surface area contributed by atoms with E-state index in [1.807, 2.05) is 12.1 Å². The molecule has 3 heterocycles. The minimum Gasteiger partial charge on any atom is -0.493 e. The first-order valence-electron chi connectivity index (χ1n) is 15.0. The topological polar surface area (TPSA) is 129 Å². The zero-order valence-corrected chi connectivity index (χ0v) is 25.8. The summed E-state index contributed by atoms with van der Waals surface area (Å²) in [7, 11) is 7.40. The smallest absolute Gasteiger partial charge is 0.338 e. The van der Waals surface area contributed by atoms with Gasteiger partial charge in [0.1, 0.15) is 12.2 Å². The molecule has 0 unspecified atom stereocenters. The van der Waals surface area contributed by atoms with Crippen LogP contribution in [0.1, 0.15) is 46.1 Å². The third-order valence-corrected chi connectivity index (χ3v) is 9.80. The first-order valence-corrected chi connectivity index (χ1v) is 15.0. The number of nitrogens with zero attached hydrogens (tertiary/aromatic N) is 1. The van der Waals surface area contributed by atoms with E-state index in [1.165, 1.54) is 45.1 Å². The molecule has 3 aromatic rings. The first kappa shape index (κ1) is 30.2. The van der Waals surface area contributed by atoms with E-state index in [2.05, 4.69) is 16.0 Å². The van der Waals surface area contributed by atoms with E-state index < -0.39 is 24.1 Å². The molecule has 0 amide bonds. The summed E-state index contributed by atoms with van der Waals surface area (Å²) in [6, 6.07) is 9.27. The molecular formula is C33H40N2O9. The number of carbonyl (C=O) groups is 2. The van der Waals surface area contributed by atoms with Gasteiger partial charge in [-0.3, -0.25) is 9.69 Å². The van der Waals surface area contributed by atoms with Crippen LogP contribution in [0, 0.1) is 17.8 Å². The number of aromatic nitrogens is 1. The molecule has 1 saturated heterocycles. The second-order valence-corrected chi connectivity index (χ2v) is 11.8. The van der Waals surface area contributed by atoms with E-state index >= 15 is 0 Å². The Bertz CT molecular complexity index is 1530. The molecule has 1 aromatic heterocycles. The van der Waals surface area contributed by atoms with Gasteiger partial charge >= 0.3 is 11.9 Å². The summed E-state index contributed by atoms with van der Waals surface area (Å²) in [5, 5.41) is 10.8. The molecule has 1 aliphatic carbocycles. The largest absolute Gasteiger partial charge is 0.493 e. The van der Waals surface area contributed by atoms with Gasteiger partial charge in [0.2, 0.25) is 5.75 Å². The number of piperidine rings is 1. The van der Waals surface area contributed by atoms with Crippen molar-refractivity contribution in [3.05, 3.63) is 52.7 Å². The maximum Gasteiger partial charge on any atom is 0.338 e. The molecule has 3 aliphatic rings. The number of carbonyl (C=O) groups excluding carboxylic acids is 2. The number of hydrogen-bond acceptors (Lipinski definition) is 10. The fourth-order valence-corrected chi connectivity index (χ4v) is 7.80. The minimum absolute atomic E-state index is 0.0105. The summed E-state index contributed by atoms with van der Waals surface area (Å²) in [6.07, 6.45) is 0.848. The number of ether oxygens (including phenoxy) is 6. The van der Waals surface area contributed by atoms with Gasteiger partial charge in [-0.05, 0) is 60.4 Å². The molecule has 44 heavy (non-hydrogen) atoms. The standard InChI is InChI=1S/C33H40N2O9/c1-39-25-11-18(12-26(40-2)30(25)41-3)32(37)44-27-13-19-15-35-9-8-21-20-7-6-17(16-36)10-23(20)34-29(21)24(35)14-22(19)28(31(27)42-4)33(38)43-5/h6-7,10-12,19,22,24,27-28,31,34,36H,8-9,13-16H2,1-5H3/t19-,22+,24-,27-,28+,31+/m1/s1. The first-order chi connectivity index (χ1) is 21.3. The van der Waals surface area contributed by atoms with Crippen LogP contribution in [-0.4, -0.2) is 87.8 Å². The van der Waals surface area contributed by atoms with Crippen molar-refractivity contribution < 1.29 is 43.1 Å². The molecule has 0 radical (unpaired) electrons. The monoisotopic (exact) mass is 608 g/mol. The average Bonchev–Trinajstić information content (AvgIpc) is 3.43. The molecular weight excluding hydrogens is 568 g/mol. The van der Waals surface area contributed by atoms with Crippen molar-refractivity contribution in [2.24, 2.45) is 17.8 Å². The van der Waals surface area contributed by atoms with Crippen LogP contribution in [0.2, 0.25) is 0 Å². The lowest BCUT2D eigenvalue weighted by atomic mass is 9.63. The van der Waals surface area contributed by atoms with Gasteiger partial charge in [-0.25, -0.2) is 4.79 Å². The number of H-pyrrole nitrogens is 1. The molecule has 2 N–H and O–H groups in total. The van der Waals surface area contributed by atoms with E-state index in [4.69, 9.17) is 28.4 Å². The fraction of sp³-hybridized carbons (Fsp3) is 0.515. The van der Waals surface area contributed by atoms with Crippen molar-refractivity contribution in [2.45, 2.75) is 44.1 Å². The summed E-state index contributed by atoms with van der Waals surface area (Å²) >= 11 is 0. The van der Waals surface area contributed by atoms with E-state index in [-0.39, 0.29) is 36.0 Å². The normalized spacial score (nSPS) is 26.2. The second-order valence-electron chi connectivity index (χ2n) is 11.8. The van der Waals surface area contributed by atoms with Gasteiger partial charge in [-0.2, -0.15) is 0 Å². The number of aromatic amines is 1. The Morgan fingerprint density at radius 1 is 1.00 bits per heavy atom. The molecule has 2 aliphatic heterocycles. The predicted octanol–water partition coefficient (Wildman–Crippen LogP) is 3.65. The van der Waals surface area contributed by atoms with E-state index in [0.29, 0.717) is 23.7 Å². The molecule has 6 rings (SSSR count). The van der Waals surface area contributed by atoms with Crippen LogP contribution >= 0.6 is 0 Å². The van der Waals surface area contributed by atoms with E-state index in [1.54, 1.807) is 19.2 Å². The van der Waals surface area contributed by atoms with E-state index in [0.717, 1.165) is 37.0 Å². The minimum atomic E-state index is -0.681. The summed E-state index contributed by atoms with van der Waals surface area (Å²) in [6.45, 7) is 1.64. The Kier molecular flexibility index (Phi) is 8.45. The van der Waals surface area contributed by atoms with Crippen molar-refractivity contribution in [1.29, 1.82) is 0 Å². The molecule has 2 fully saturated rings. The summed E-state index contributed by atoms with van der Waals surface area (Å²) in [4.78, 5) is 33.1. The van der Waals surface area contributed by atoms with Gasteiger partial charge in [-0.15, -0.1) is 0 Å². The van der Waals surface area contributed by atoms with Crippen molar-refractivity contribution in [1.82, 2.24) is 9.88 Å². The molecule has 0 spiro atoms. The predicted molar refractivity (Wildman–Crippen MR) is 160 cm³/mol. The lowest BCUT2D eigenvalue weighted by molar-refractivity contribution is -0.176. The number of esters is 2. The number of aliphatic hydroxyl groups is 1. The third kappa shape index (κ3) is 5.06. The third-order valence-electron chi connectivity index (χ3n) is 9.80.